The van der Waals surface area contributed by atoms with E-state index in [0.717, 1.165) is 11.1 Å². The number of rotatable bonds is 5. The number of ether oxygens (including phenoxy) is 1. The van der Waals surface area contributed by atoms with E-state index in [0.29, 0.717) is 29.2 Å². The van der Waals surface area contributed by atoms with Crippen LogP contribution in [0.3, 0.4) is 0 Å². The van der Waals surface area contributed by atoms with E-state index in [1.807, 2.05) is 39.0 Å². The lowest BCUT2D eigenvalue weighted by Crippen LogP contribution is -2.29. The maximum absolute atomic E-state index is 13.2. The molecule has 1 atom stereocenters. The van der Waals surface area contributed by atoms with Crippen molar-refractivity contribution < 1.29 is 19.4 Å². The maximum Gasteiger partial charge on any atom is 0.300 e. The van der Waals surface area contributed by atoms with Gasteiger partial charge in [-0.3, -0.25) is 19.5 Å². The summed E-state index contributed by atoms with van der Waals surface area (Å²) >= 11 is 0. The van der Waals surface area contributed by atoms with Crippen LogP contribution in [0, 0.1) is 13.8 Å². The van der Waals surface area contributed by atoms with Gasteiger partial charge >= 0.3 is 0 Å². The molecule has 1 N–H and O–H groups in total. The zero-order valence-corrected chi connectivity index (χ0v) is 18.2. The van der Waals surface area contributed by atoms with Gasteiger partial charge in [0.15, 0.2) is 0 Å². The molecule has 1 aliphatic heterocycles. The van der Waals surface area contributed by atoms with Crippen molar-refractivity contribution in [3.8, 4) is 5.75 Å². The van der Waals surface area contributed by atoms with Crippen LogP contribution in [0.25, 0.3) is 5.76 Å². The molecule has 2 heterocycles. The van der Waals surface area contributed by atoms with Crippen LogP contribution in [0.1, 0.15) is 35.2 Å². The summed E-state index contributed by atoms with van der Waals surface area (Å²) < 4.78 is 5.59. The van der Waals surface area contributed by atoms with Crippen LogP contribution in [0.2, 0.25) is 0 Å². The quantitative estimate of drug-likeness (QED) is 0.361. The van der Waals surface area contributed by atoms with Crippen LogP contribution in [-0.4, -0.2) is 28.4 Å². The summed E-state index contributed by atoms with van der Waals surface area (Å²) in [7, 11) is 0. The van der Waals surface area contributed by atoms with Gasteiger partial charge in [0.25, 0.3) is 11.7 Å². The molecule has 1 aliphatic rings. The average molecular weight is 428 g/mol. The second-order valence-electron chi connectivity index (χ2n) is 7.70. The summed E-state index contributed by atoms with van der Waals surface area (Å²) in [5, 5.41) is 11.3. The van der Waals surface area contributed by atoms with E-state index in [9.17, 15) is 14.7 Å². The van der Waals surface area contributed by atoms with Crippen molar-refractivity contribution in [3.05, 3.63) is 94.8 Å². The zero-order chi connectivity index (χ0) is 22.8. The third-order valence-electron chi connectivity index (χ3n) is 5.52. The van der Waals surface area contributed by atoms with E-state index in [2.05, 4.69) is 4.98 Å². The van der Waals surface area contributed by atoms with Crippen molar-refractivity contribution in [2.75, 3.05) is 11.5 Å². The first kappa shape index (κ1) is 21.3. The van der Waals surface area contributed by atoms with Gasteiger partial charge in [-0.05, 0) is 62.2 Å². The molecular weight excluding hydrogens is 404 g/mol. The van der Waals surface area contributed by atoms with Crippen molar-refractivity contribution in [1.29, 1.82) is 0 Å². The molecular formula is C26H24N2O4. The first-order valence-corrected chi connectivity index (χ1v) is 10.4. The Kier molecular flexibility index (Phi) is 5.77. The summed E-state index contributed by atoms with van der Waals surface area (Å²) in [5.41, 5.74) is 3.52. The summed E-state index contributed by atoms with van der Waals surface area (Å²) in [6.45, 7) is 6.12. The fraction of sp³-hybridized carbons (Fsp3) is 0.192. The molecule has 3 aromatic rings. The first-order valence-electron chi connectivity index (χ1n) is 10.4. The largest absolute Gasteiger partial charge is 0.507 e. The number of hydrogen-bond acceptors (Lipinski definition) is 5. The predicted molar refractivity (Wildman–Crippen MR) is 123 cm³/mol. The third kappa shape index (κ3) is 3.75. The smallest absolute Gasteiger partial charge is 0.300 e. The van der Waals surface area contributed by atoms with Gasteiger partial charge in [0.2, 0.25) is 0 Å². The number of aryl methyl sites for hydroxylation is 2. The van der Waals surface area contributed by atoms with E-state index in [1.165, 1.54) is 4.90 Å². The number of aliphatic hydroxyl groups is 1. The summed E-state index contributed by atoms with van der Waals surface area (Å²) in [6, 6.07) is 15.4. The lowest BCUT2D eigenvalue weighted by Gasteiger charge is -2.25. The van der Waals surface area contributed by atoms with Crippen molar-refractivity contribution in [3.63, 3.8) is 0 Å². The molecule has 32 heavy (non-hydrogen) atoms. The number of aliphatic hydroxyl groups excluding tert-OH is 1. The number of pyridine rings is 1. The van der Waals surface area contributed by atoms with Crippen LogP contribution in [0.4, 0.5) is 5.69 Å². The van der Waals surface area contributed by atoms with Crippen LogP contribution < -0.4 is 9.64 Å². The molecule has 162 valence electrons. The molecule has 6 nitrogen and oxygen atoms in total. The molecule has 1 aromatic heterocycles. The lowest BCUT2D eigenvalue weighted by molar-refractivity contribution is -0.132. The van der Waals surface area contributed by atoms with E-state index < -0.39 is 17.7 Å². The molecule has 6 heteroatoms. The van der Waals surface area contributed by atoms with Crippen molar-refractivity contribution in [2.24, 2.45) is 0 Å². The highest BCUT2D eigenvalue weighted by molar-refractivity contribution is 6.51. The predicted octanol–water partition coefficient (Wildman–Crippen LogP) is 4.72. The molecule has 1 unspecified atom stereocenters. The Balaban J connectivity index is 1.94. The minimum atomic E-state index is -0.796. The van der Waals surface area contributed by atoms with Crippen LogP contribution >= 0.6 is 0 Å². The number of hydrogen-bond donors (Lipinski definition) is 1. The summed E-state index contributed by atoms with van der Waals surface area (Å²) in [6.07, 6.45) is 3.20. The molecule has 1 fully saturated rings. The topological polar surface area (TPSA) is 79.7 Å². The number of carbonyl (C=O) groups is 2. The first-order chi connectivity index (χ1) is 15.4. The molecule has 0 radical (unpaired) electrons. The van der Waals surface area contributed by atoms with Gasteiger partial charge in [-0.15, -0.1) is 0 Å². The average Bonchev–Trinajstić information content (AvgIpc) is 3.06. The Morgan fingerprint density at radius 3 is 2.53 bits per heavy atom. The van der Waals surface area contributed by atoms with Gasteiger partial charge < -0.3 is 9.84 Å². The van der Waals surface area contributed by atoms with Crippen LogP contribution in [0.15, 0.2) is 72.6 Å². The molecule has 4 rings (SSSR count). The van der Waals surface area contributed by atoms with Crippen molar-refractivity contribution in [1.82, 2.24) is 4.98 Å². The maximum atomic E-state index is 13.2. The van der Waals surface area contributed by atoms with Gasteiger partial charge in [-0.1, -0.05) is 23.8 Å². The van der Waals surface area contributed by atoms with Gasteiger partial charge in [0.1, 0.15) is 11.5 Å². The monoisotopic (exact) mass is 428 g/mol. The SMILES string of the molecule is CCOc1cccc(N2C(=O)C(=O)/C(=C(/O)c3cc(C)ccc3C)C2c2ccncc2)c1. The molecule has 0 saturated carbocycles. The fourth-order valence-electron chi connectivity index (χ4n) is 3.99. The van der Waals surface area contributed by atoms with Crippen LogP contribution in [-0.2, 0) is 9.59 Å². The van der Waals surface area contributed by atoms with Gasteiger partial charge in [-0.2, -0.15) is 0 Å². The molecule has 0 bridgehead atoms. The molecule has 1 amide bonds. The van der Waals surface area contributed by atoms with Crippen LogP contribution in [0.5, 0.6) is 5.75 Å². The minimum Gasteiger partial charge on any atom is -0.507 e. The number of anilines is 1. The third-order valence-corrected chi connectivity index (χ3v) is 5.52. The highest BCUT2D eigenvalue weighted by Gasteiger charge is 2.47. The van der Waals surface area contributed by atoms with Gasteiger partial charge in [0, 0.05) is 29.7 Å². The lowest BCUT2D eigenvalue weighted by atomic mass is 9.93. The Bertz CT molecular complexity index is 1220. The number of Topliss-reactive ketones (excluding diaryl/α,β-unsaturated/α-hetero) is 1. The fourth-order valence-corrected chi connectivity index (χ4v) is 3.99. The Morgan fingerprint density at radius 2 is 1.81 bits per heavy atom. The van der Waals surface area contributed by atoms with E-state index in [-0.39, 0.29) is 11.3 Å². The van der Waals surface area contributed by atoms with Gasteiger partial charge in [-0.25, -0.2) is 0 Å². The highest BCUT2D eigenvalue weighted by Crippen LogP contribution is 2.43. The number of benzene rings is 2. The van der Waals surface area contributed by atoms with E-state index in [1.54, 1.807) is 48.8 Å². The Labute approximate surface area is 186 Å². The second-order valence-corrected chi connectivity index (χ2v) is 7.70. The van der Waals surface area contributed by atoms with Gasteiger partial charge in [0.05, 0.1) is 18.2 Å². The molecule has 0 aliphatic carbocycles. The number of ketones is 1. The Morgan fingerprint density at radius 1 is 1.06 bits per heavy atom. The van der Waals surface area contributed by atoms with Crippen molar-refractivity contribution in [2.45, 2.75) is 26.8 Å². The number of nitrogens with zero attached hydrogens (tertiary/aromatic N) is 2. The molecule has 2 aromatic carbocycles. The normalized spacial score (nSPS) is 17.6. The highest BCUT2D eigenvalue weighted by atomic mass is 16.5. The number of carbonyl (C=O) groups excluding carboxylic acids is 2. The minimum absolute atomic E-state index is 0.0525. The van der Waals surface area contributed by atoms with E-state index in [4.69, 9.17) is 4.74 Å². The summed E-state index contributed by atoms with van der Waals surface area (Å²) in [5.74, 6) is -1.02. The molecule has 1 saturated heterocycles. The van der Waals surface area contributed by atoms with Crippen molar-refractivity contribution >= 4 is 23.1 Å². The number of aromatic nitrogens is 1. The molecule has 0 spiro atoms. The zero-order valence-electron chi connectivity index (χ0n) is 18.2. The Hall–Kier alpha value is -3.93. The van der Waals surface area contributed by atoms with E-state index >= 15 is 0 Å². The standard InChI is InChI=1S/C26H24N2O4/c1-4-32-20-7-5-6-19(15-20)28-23(18-10-12-27-13-11-18)22(25(30)26(28)31)24(29)21-14-16(2)8-9-17(21)3/h5-15,23,29H,4H2,1-3H3/b24-22+. The second kappa shape index (κ2) is 8.67. The number of amides is 1. The summed E-state index contributed by atoms with van der Waals surface area (Å²) in [4.78, 5) is 31.9.